The number of hydrogen-bond donors (Lipinski definition) is 1. The number of halogens is 1. The molecule has 0 saturated carbocycles. The van der Waals surface area contributed by atoms with Crippen molar-refractivity contribution in [1.82, 2.24) is 4.90 Å². The van der Waals surface area contributed by atoms with Gasteiger partial charge in [0.05, 0.1) is 16.9 Å². The SMILES string of the molecule is N#Cc1cccc(NC(=O)N2CCC3=C(C2)C(c2ccccc2)N=N3)c1F. The topological polar surface area (TPSA) is 80.9 Å². The second kappa shape index (κ2) is 7.00. The van der Waals surface area contributed by atoms with E-state index in [1.54, 1.807) is 11.0 Å². The lowest BCUT2D eigenvalue weighted by atomic mass is 9.95. The van der Waals surface area contributed by atoms with Crippen molar-refractivity contribution in [3.05, 3.63) is 76.7 Å². The number of nitrogens with zero attached hydrogens (tertiary/aromatic N) is 4. The predicted octanol–water partition coefficient (Wildman–Crippen LogP) is 4.40. The summed E-state index contributed by atoms with van der Waals surface area (Å²) in [6.07, 6.45) is 0.607. The number of anilines is 1. The summed E-state index contributed by atoms with van der Waals surface area (Å²) in [5.74, 6) is -0.724. The molecule has 0 radical (unpaired) electrons. The molecule has 2 aromatic rings. The van der Waals surface area contributed by atoms with Crippen LogP contribution >= 0.6 is 0 Å². The van der Waals surface area contributed by atoms with E-state index in [0.29, 0.717) is 19.5 Å². The van der Waals surface area contributed by atoms with Gasteiger partial charge in [0.2, 0.25) is 0 Å². The fourth-order valence-electron chi connectivity index (χ4n) is 3.32. The van der Waals surface area contributed by atoms with Crippen LogP contribution in [0.3, 0.4) is 0 Å². The van der Waals surface area contributed by atoms with Gasteiger partial charge in [-0.15, -0.1) is 0 Å². The molecule has 0 saturated heterocycles. The van der Waals surface area contributed by atoms with Gasteiger partial charge in [0, 0.05) is 25.1 Å². The molecule has 1 N–H and O–H groups in total. The Kier molecular flexibility index (Phi) is 4.38. The number of nitriles is 1. The minimum absolute atomic E-state index is 0.000710. The van der Waals surface area contributed by atoms with Crippen LogP contribution in [0.25, 0.3) is 0 Å². The van der Waals surface area contributed by atoms with Gasteiger partial charge in [0.15, 0.2) is 5.82 Å². The third-order valence-electron chi connectivity index (χ3n) is 4.74. The number of urea groups is 1. The molecule has 7 heteroatoms. The fraction of sp³-hybridized carbons (Fsp3) is 0.200. The number of carbonyl (C=O) groups excluding carboxylic acids is 1. The van der Waals surface area contributed by atoms with Crippen LogP contribution in [0.15, 0.2) is 70.0 Å². The van der Waals surface area contributed by atoms with Crippen LogP contribution in [-0.2, 0) is 0 Å². The van der Waals surface area contributed by atoms with Crippen LogP contribution in [0.2, 0.25) is 0 Å². The number of amides is 2. The molecule has 2 heterocycles. The molecule has 2 aliphatic rings. The molecule has 0 spiro atoms. The normalized spacial score (nSPS) is 18.2. The predicted molar refractivity (Wildman–Crippen MR) is 97.4 cm³/mol. The number of hydrogen-bond acceptors (Lipinski definition) is 4. The Balaban J connectivity index is 1.51. The first-order valence-electron chi connectivity index (χ1n) is 8.59. The molecule has 27 heavy (non-hydrogen) atoms. The molecule has 4 rings (SSSR count). The molecule has 134 valence electrons. The average molecular weight is 361 g/mol. The Morgan fingerprint density at radius 1 is 1.22 bits per heavy atom. The molecule has 2 aliphatic heterocycles. The van der Waals surface area contributed by atoms with Crippen molar-refractivity contribution in [1.29, 1.82) is 5.26 Å². The highest BCUT2D eigenvalue weighted by Crippen LogP contribution is 2.38. The molecule has 0 aliphatic carbocycles. The maximum absolute atomic E-state index is 14.2. The number of benzene rings is 2. The third kappa shape index (κ3) is 3.17. The fourth-order valence-corrected chi connectivity index (χ4v) is 3.32. The smallest absolute Gasteiger partial charge is 0.320 e. The Bertz CT molecular complexity index is 993. The first-order valence-corrected chi connectivity index (χ1v) is 8.59. The minimum Gasteiger partial charge on any atom is -0.320 e. The average Bonchev–Trinajstić information content (AvgIpc) is 3.13. The van der Waals surface area contributed by atoms with Crippen molar-refractivity contribution >= 4 is 11.7 Å². The zero-order valence-electron chi connectivity index (χ0n) is 14.4. The first-order chi connectivity index (χ1) is 13.2. The second-order valence-corrected chi connectivity index (χ2v) is 6.38. The van der Waals surface area contributed by atoms with E-state index in [2.05, 4.69) is 15.5 Å². The van der Waals surface area contributed by atoms with Crippen molar-refractivity contribution in [2.24, 2.45) is 10.2 Å². The molecule has 0 fully saturated rings. The van der Waals surface area contributed by atoms with Crippen molar-refractivity contribution in [2.45, 2.75) is 12.5 Å². The summed E-state index contributed by atoms with van der Waals surface area (Å²) in [6.45, 7) is 0.859. The molecule has 0 bridgehead atoms. The van der Waals surface area contributed by atoms with Gasteiger partial charge in [-0.1, -0.05) is 36.4 Å². The molecular formula is C20H16FN5O. The summed E-state index contributed by atoms with van der Waals surface area (Å²) in [5.41, 5.74) is 2.84. The molecule has 0 aromatic heterocycles. The number of rotatable bonds is 2. The Labute approximate surface area is 155 Å². The molecule has 2 amide bonds. The number of carbonyl (C=O) groups is 1. The lowest BCUT2D eigenvalue weighted by Crippen LogP contribution is -2.40. The van der Waals surface area contributed by atoms with Gasteiger partial charge in [-0.3, -0.25) is 0 Å². The standard InChI is InChI=1S/C20H16FN5O/c21-18-14(11-22)7-4-8-17(18)23-20(27)26-10-9-16-15(12-26)19(25-24-16)13-5-2-1-3-6-13/h1-8,19H,9-10,12H2,(H,23,27). The van der Waals surface area contributed by atoms with E-state index in [1.807, 2.05) is 30.3 Å². The summed E-state index contributed by atoms with van der Waals surface area (Å²) >= 11 is 0. The molecule has 1 unspecified atom stereocenters. The third-order valence-corrected chi connectivity index (χ3v) is 4.74. The van der Waals surface area contributed by atoms with Crippen LogP contribution in [0, 0.1) is 17.1 Å². The molecular weight excluding hydrogens is 345 g/mol. The van der Waals surface area contributed by atoms with E-state index in [9.17, 15) is 9.18 Å². The number of nitrogens with one attached hydrogen (secondary N) is 1. The van der Waals surface area contributed by atoms with E-state index >= 15 is 0 Å². The Morgan fingerprint density at radius 2 is 2.04 bits per heavy atom. The largest absolute Gasteiger partial charge is 0.322 e. The summed E-state index contributed by atoms with van der Waals surface area (Å²) in [6, 6.07) is 15.3. The molecule has 2 aromatic carbocycles. The second-order valence-electron chi connectivity index (χ2n) is 6.38. The van der Waals surface area contributed by atoms with Crippen LogP contribution < -0.4 is 5.32 Å². The lowest BCUT2D eigenvalue weighted by molar-refractivity contribution is 0.213. The Morgan fingerprint density at radius 3 is 2.81 bits per heavy atom. The van der Waals surface area contributed by atoms with Crippen LogP contribution in [-0.4, -0.2) is 24.0 Å². The summed E-state index contributed by atoms with van der Waals surface area (Å²) in [4.78, 5) is 14.2. The van der Waals surface area contributed by atoms with Gasteiger partial charge in [-0.2, -0.15) is 15.5 Å². The van der Waals surface area contributed by atoms with E-state index in [1.165, 1.54) is 18.2 Å². The maximum atomic E-state index is 14.2. The van der Waals surface area contributed by atoms with Crippen LogP contribution in [0.4, 0.5) is 14.9 Å². The van der Waals surface area contributed by atoms with Gasteiger partial charge in [-0.25, -0.2) is 9.18 Å². The van der Waals surface area contributed by atoms with Crippen molar-refractivity contribution in [2.75, 3.05) is 18.4 Å². The molecule has 6 nitrogen and oxygen atoms in total. The van der Waals surface area contributed by atoms with Gasteiger partial charge < -0.3 is 10.2 Å². The summed E-state index contributed by atoms with van der Waals surface area (Å²) in [7, 11) is 0. The van der Waals surface area contributed by atoms with Crippen LogP contribution in [0.5, 0.6) is 0 Å². The molecule has 1 atom stereocenters. The highest BCUT2D eigenvalue weighted by molar-refractivity contribution is 5.90. The van der Waals surface area contributed by atoms with E-state index in [0.717, 1.165) is 16.8 Å². The van der Waals surface area contributed by atoms with Gasteiger partial charge in [-0.05, 0) is 17.7 Å². The first kappa shape index (κ1) is 16.9. The quantitative estimate of drug-likeness (QED) is 0.860. The highest BCUT2D eigenvalue weighted by atomic mass is 19.1. The zero-order valence-corrected chi connectivity index (χ0v) is 14.4. The lowest BCUT2D eigenvalue weighted by Gasteiger charge is -2.29. The van der Waals surface area contributed by atoms with E-state index in [4.69, 9.17) is 5.26 Å². The summed E-state index contributed by atoms with van der Waals surface area (Å²) in [5, 5.41) is 20.1. The van der Waals surface area contributed by atoms with E-state index in [-0.39, 0.29) is 17.3 Å². The van der Waals surface area contributed by atoms with Gasteiger partial charge in [0.25, 0.3) is 0 Å². The van der Waals surface area contributed by atoms with Crippen molar-refractivity contribution in [3.8, 4) is 6.07 Å². The monoisotopic (exact) mass is 361 g/mol. The van der Waals surface area contributed by atoms with Crippen molar-refractivity contribution < 1.29 is 9.18 Å². The number of azo groups is 1. The highest BCUT2D eigenvalue weighted by Gasteiger charge is 2.32. The van der Waals surface area contributed by atoms with Gasteiger partial charge >= 0.3 is 6.03 Å². The Hall–Kier alpha value is -3.53. The zero-order chi connectivity index (χ0) is 18.8. The van der Waals surface area contributed by atoms with Crippen LogP contribution in [0.1, 0.15) is 23.6 Å². The minimum atomic E-state index is -0.724. The van der Waals surface area contributed by atoms with E-state index < -0.39 is 11.8 Å². The maximum Gasteiger partial charge on any atom is 0.322 e. The van der Waals surface area contributed by atoms with Gasteiger partial charge in [0.1, 0.15) is 12.1 Å². The summed E-state index contributed by atoms with van der Waals surface area (Å²) < 4.78 is 14.2. The van der Waals surface area contributed by atoms with Crippen molar-refractivity contribution in [3.63, 3.8) is 0 Å².